The van der Waals surface area contributed by atoms with Gasteiger partial charge in [0.1, 0.15) is 5.49 Å². The fraction of sp³-hybridized carbons (Fsp3) is 0.857. The summed E-state index contributed by atoms with van der Waals surface area (Å²) in [5.41, 5.74) is 2.52. The highest BCUT2D eigenvalue weighted by Crippen LogP contribution is 2.05. The van der Waals surface area contributed by atoms with Crippen molar-refractivity contribution in [3.63, 3.8) is 0 Å². The topological polar surface area (TPSA) is 12.0 Å². The molecule has 0 heterocycles. The van der Waals surface area contributed by atoms with Crippen LogP contribution in [0.2, 0.25) is 0 Å². The van der Waals surface area contributed by atoms with Crippen molar-refractivity contribution >= 4 is 17.7 Å². The van der Waals surface area contributed by atoms with Crippen LogP contribution in [0.4, 0.5) is 0 Å². The molecule has 2 unspecified atom stereocenters. The molecule has 0 aliphatic carbocycles. The van der Waals surface area contributed by atoms with Gasteiger partial charge < -0.3 is 5.32 Å². The van der Waals surface area contributed by atoms with Gasteiger partial charge in [-0.05, 0) is 12.8 Å². The van der Waals surface area contributed by atoms with Gasteiger partial charge in [0.25, 0.3) is 0 Å². The summed E-state index contributed by atoms with van der Waals surface area (Å²) in [6.45, 7) is 6.49. The highest BCUT2D eigenvalue weighted by Gasteiger charge is 2.06. The van der Waals surface area contributed by atoms with Crippen LogP contribution in [0.25, 0.3) is 0 Å². The number of hydrogen-bond acceptors (Lipinski definition) is 1. The lowest BCUT2D eigenvalue weighted by atomic mass is 10.0. The summed E-state index contributed by atoms with van der Waals surface area (Å²) in [4.78, 5) is 0. The molecule has 0 spiro atoms. The van der Waals surface area contributed by atoms with Gasteiger partial charge in [-0.3, -0.25) is 0 Å². The molecule has 0 bridgehead atoms. The van der Waals surface area contributed by atoms with Crippen LogP contribution in [-0.2, 0) is 0 Å². The van der Waals surface area contributed by atoms with Gasteiger partial charge in [0.05, 0.1) is 0 Å². The Hall–Kier alpha value is -0.110. The fourth-order valence-electron chi connectivity index (χ4n) is 0.589. The van der Waals surface area contributed by atoms with E-state index in [0.717, 1.165) is 0 Å². The third-order valence-electron chi connectivity index (χ3n) is 1.78. The second-order valence-electron chi connectivity index (χ2n) is 2.42. The molecule has 53 valence electrons. The van der Waals surface area contributed by atoms with Crippen molar-refractivity contribution in [2.24, 2.45) is 5.92 Å². The normalized spacial score (nSPS) is 16.3. The Kier molecular flexibility index (Phi) is 4.68. The highest BCUT2D eigenvalue weighted by atomic mass is 32.1. The monoisotopic (exact) mass is 144 g/mol. The van der Waals surface area contributed by atoms with Crippen LogP contribution < -0.4 is 5.32 Å². The molecule has 0 aliphatic heterocycles. The minimum Gasteiger partial charge on any atom is -0.371 e. The molecule has 0 saturated carbocycles. The summed E-state index contributed by atoms with van der Waals surface area (Å²) in [7, 11) is 0. The fourth-order valence-corrected chi connectivity index (χ4v) is 0.775. The molecule has 1 N–H and O–H groups in total. The van der Waals surface area contributed by atoms with E-state index in [-0.39, 0.29) is 0 Å². The van der Waals surface area contributed by atoms with E-state index in [2.05, 4.69) is 43.8 Å². The van der Waals surface area contributed by atoms with E-state index >= 15 is 0 Å². The van der Waals surface area contributed by atoms with E-state index in [0.29, 0.717) is 12.0 Å². The number of nitrogens with one attached hydrogen (secondary N) is 1. The van der Waals surface area contributed by atoms with Gasteiger partial charge in [0, 0.05) is 6.04 Å². The van der Waals surface area contributed by atoms with Crippen LogP contribution in [0, 0.1) is 5.92 Å². The quantitative estimate of drug-likeness (QED) is 0.477. The Morgan fingerprint density at radius 1 is 1.56 bits per heavy atom. The van der Waals surface area contributed by atoms with Gasteiger partial charge in [0.15, 0.2) is 0 Å². The maximum absolute atomic E-state index is 4.53. The van der Waals surface area contributed by atoms with Crippen LogP contribution in [0.1, 0.15) is 27.2 Å². The predicted molar refractivity (Wildman–Crippen MR) is 44.7 cm³/mol. The SMILES string of the molecule is CCC(C)C(C)N[C]=S. The molecule has 2 atom stereocenters. The van der Waals surface area contributed by atoms with Crippen LogP contribution >= 0.6 is 12.2 Å². The third kappa shape index (κ3) is 3.46. The summed E-state index contributed by atoms with van der Waals surface area (Å²) in [6, 6.07) is 0.465. The van der Waals surface area contributed by atoms with Crippen LogP contribution in [0.15, 0.2) is 0 Å². The molecule has 0 rings (SSSR count). The van der Waals surface area contributed by atoms with Gasteiger partial charge in [-0.1, -0.05) is 32.5 Å². The molecule has 0 aromatic carbocycles. The molecule has 0 fully saturated rings. The standard InChI is InChI=1S/C7H14NS/c1-4-6(2)7(3)8-5-9/h6-7H,4H2,1-3H3,(H,8,9). The van der Waals surface area contributed by atoms with E-state index in [9.17, 15) is 0 Å². The number of rotatable bonds is 4. The third-order valence-corrected chi connectivity index (χ3v) is 1.90. The second-order valence-corrected chi connectivity index (χ2v) is 2.62. The molecule has 1 nitrogen and oxygen atoms in total. The number of hydrogen-bond donors (Lipinski definition) is 1. The zero-order valence-corrected chi connectivity index (χ0v) is 7.09. The average molecular weight is 144 g/mol. The van der Waals surface area contributed by atoms with Crippen molar-refractivity contribution < 1.29 is 0 Å². The maximum atomic E-state index is 4.53. The van der Waals surface area contributed by atoms with Crippen molar-refractivity contribution in [3.05, 3.63) is 0 Å². The largest absolute Gasteiger partial charge is 0.371 e. The average Bonchev–Trinajstić information content (AvgIpc) is 1.87. The van der Waals surface area contributed by atoms with Crippen LogP contribution in [-0.4, -0.2) is 11.5 Å². The molecule has 1 radical (unpaired) electrons. The van der Waals surface area contributed by atoms with Crippen molar-refractivity contribution in [1.29, 1.82) is 0 Å². The summed E-state index contributed by atoms with van der Waals surface area (Å²) in [5, 5.41) is 2.96. The first kappa shape index (κ1) is 8.89. The van der Waals surface area contributed by atoms with E-state index in [1.165, 1.54) is 6.42 Å². The van der Waals surface area contributed by atoms with Gasteiger partial charge in [-0.25, -0.2) is 0 Å². The minimum absolute atomic E-state index is 0.465. The lowest BCUT2D eigenvalue weighted by Crippen LogP contribution is -2.29. The molecule has 0 aromatic heterocycles. The lowest BCUT2D eigenvalue weighted by molar-refractivity contribution is 0.441. The van der Waals surface area contributed by atoms with Gasteiger partial charge in [-0.2, -0.15) is 0 Å². The Morgan fingerprint density at radius 3 is 2.44 bits per heavy atom. The van der Waals surface area contributed by atoms with E-state index in [1.54, 1.807) is 0 Å². The van der Waals surface area contributed by atoms with Crippen molar-refractivity contribution in [3.8, 4) is 0 Å². The molecule has 0 saturated heterocycles. The molecule has 0 aromatic rings. The van der Waals surface area contributed by atoms with Crippen LogP contribution in [0.3, 0.4) is 0 Å². The summed E-state index contributed by atoms with van der Waals surface area (Å²) in [6.07, 6.45) is 1.19. The minimum atomic E-state index is 0.465. The maximum Gasteiger partial charge on any atom is 0.134 e. The first-order chi connectivity index (χ1) is 4.22. The van der Waals surface area contributed by atoms with Gasteiger partial charge in [-0.15, -0.1) is 0 Å². The van der Waals surface area contributed by atoms with E-state index in [1.807, 2.05) is 0 Å². The first-order valence-corrected chi connectivity index (χ1v) is 3.75. The zero-order valence-electron chi connectivity index (χ0n) is 6.27. The molecular weight excluding hydrogens is 130 g/mol. The van der Waals surface area contributed by atoms with E-state index < -0.39 is 0 Å². The van der Waals surface area contributed by atoms with E-state index in [4.69, 9.17) is 0 Å². The highest BCUT2D eigenvalue weighted by molar-refractivity contribution is 7.78. The van der Waals surface area contributed by atoms with Crippen molar-refractivity contribution in [2.45, 2.75) is 33.2 Å². The Morgan fingerprint density at radius 2 is 2.11 bits per heavy atom. The van der Waals surface area contributed by atoms with Crippen molar-refractivity contribution in [2.75, 3.05) is 0 Å². The number of thiocarbonyl (C=S) groups is 1. The zero-order chi connectivity index (χ0) is 7.28. The summed E-state index contributed by atoms with van der Waals surface area (Å²) in [5.74, 6) is 0.681. The molecule has 9 heavy (non-hydrogen) atoms. The first-order valence-electron chi connectivity index (χ1n) is 3.35. The van der Waals surface area contributed by atoms with Crippen molar-refractivity contribution in [1.82, 2.24) is 5.32 Å². The smallest absolute Gasteiger partial charge is 0.134 e. The van der Waals surface area contributed by atoms with Crippen LogP contribution in [0.5, 0.6) is 0 Å². The lowest BCUT2D eigenvalue weighted by Gasteiger charge is -2.16. The Balaban J connectivity index is 3.44. The summed E-state index contributed by atoms with van der Waals surface area (Å²) < 4.78 is 0. The molecular formula is C7H14NS. The van der Waals surface area contributed by atoms with Gasteiger partial charge >= 0.3 is 0 Å². The Bertz CT molecular complexity index is 83.0. The summed E-state index contributed by atoms with van der Waals surface area (Å²) >= 11 is 4.53. The molecule has 0 amide bonds. The molecule has 2 heteroatoms. The molecule has 0 aliphatic rings. The van der Waals surface area contributed by atoms with Gasteiger partial charge in [0.2, 0.25) is 0 Å². The Labute approximate surface area is 62.8 Å². The predicted octanol–water partition coefficient (Wildman–Crippen LogP) is 1.84. The second kappa shape index (κ2) is 4.74.